The minimum Gasteiger partial charge on any atom is -0.406 e. The molecule has 1 amide bonds. The van der Waals surface area contributed by atoms with E-state index in [9.17, 15) is 23.1 Å². The number of aromatic nitrogens is 2. The molecule has 0 aliphatic carbocycles. The van der Waals surface area contributed by atoms with Gasteiger partial charge in [-0.25, -0.2) is 4.98 Å². The highest BCUT2D eigenvalue weighted by Gasteiger charge is 2.30. The van der Waals surface area contributed by atoms with Crippen LogP contribution in [0.15, 0.2) is 48.5 Å². The quantitative estimate of drug-likeness (QED) is 0.729. The number of imidazole rings is 1. The molecule has 2 N–H and O–H groups in total. The van der Waals surface area contributed by atoms with Gasteiger partial charge >= 0.3 is 6.36 Å². The van der Waals surface area contributed by atoms with E-state index in [0.717, 1.165) is 12.1 Å². The lowest BCUT2D eigenvalue weighted by Gasteiger charge is -2.11. The minimum absolute atomic E-state index is 0.1000. The Morgan fingerprint density at radius 2 is 1.85 bits per heavy atom. The molecule has 6 nitrogen and oxygen atoms in total. The van der Waals surface area contributed by atoms with Gasteiger partial charge in [-0.1, -0.05) is 12.1 Å². The maximum Gasteiger partial charge on any atom is 0.573 e. The SMILES string of the molecule is O=C(Cn1c(CO)nc2ccccc21)Nc1ccc(OC(F)(F)F)cc1. The van der Waals surface area contributed by atoms with Gasteiger partial charge in [0, 0.05) is 5.69 Å². The first kappa shape index (κ1) is 17.7. The molecule has 1 heterocycles. The van der Waals surface area contributed by atoms with Crippen LogP contribution in [0.3, 0.4) is 0 Å². The summed E-state index contributed by atoms with van der Waals surface area (Å²) >= 11 is 0. The van der Waals surface area contributed by atoms with E-state index in [2.05, 4.69) is 15.0 Å². The number of carbonyl (C=O) groups is 1. The summed E-state index contributed by atoms with van der Waals surface area (Å²) in [6.45, 7) is -0.428. The highest BCUT2D eigenvalue weighted by molar-refractivity contribution is 5.91. The molecule has 0 radical (unpaired) electrons. The average Bonchev–Trinajstić information content (AvgIpc) is 2.93. The number of nitrogens with zero attached hydrogens (tertiary/aromatic N) is 2. The number of para-hydroxylation sites is 2. The average molecular weight is 365 g/mol. The fourth-order valence-electron chi connectivity index (χ4n) is 2.51. The van der Waals surface area contributed by atoms with E-state index < -0.39 is 12.3 Å². The van der Waals surface area contributed by atoms with E-state index in [4.69, 9.17) is 0 Å². The normalized spacial score (nSPS) is 11.5. The molecule has 26 heavy (non-hydrogen) atoms. The molecular weight excluding hydrogens is 351 g/mol. The highest BCUT2D eigenvalue weighted by Crippen LogP contribution is 2.24. The number of halogens is 3. The summed E-state index contributed by atoms with van der Waals surface area (Å²) in [7, 11) is 0. The summed E-state index contributed by atoms with van der Waals surface area (Å²) in [4.78, 5) is 16.5. The summed E-state index contributed by atoms with van der Waals surface area (Å²) in [5, 5.41) is 12.0. The van der Waals surface area contributed by atoms with E-state index in [0.29, 0.717) is 22.5 Å². The lowest BCUT2D eigenvalue weighted by Crippen LogP contribution is -2.20. The third-order valence-corrected chi connectivity index (χ3v) is 3.55. The number of benzene rings is 2. The van der Waals surface area contributed by atoms with Crippen LogP contribution in [-0.4, -0.2) is 26.9 Å². The Bertz CT molecular complexity index is 920. The largest absolute Gasteiger partial charge is 0.573 e. The predicted molar refractivity (Wildman–Crippen MR) is 87.4 cm³/mol. The van der Waals surface area contributed by atoms with Crippen LogP contribution in [0.4, 0.5) is 18.9 Å². The van der Waals surface area contributed by atoms with E-state index in [1.54, 1.807) is 28.8 Å². The molecule has 0 unspecified atom stereocenters. The molecule has 0 saturated carbocycles. The molecule has 3 rings (SSSR count). The molecular formula is C17H14F3N3O3. The van der Waals surface area contributed by atoms with Gasteiger partial charge in [-0.05, 0) is 36.4 Å². The number of aliphatic hydroxyl groups excluding tert-OH is 1. The van der Waals surface area contributed by atoms with Crippen LogP contribution in [0.1, 0.15) is 5.82 Å². The Labute approximate surface area is 145 Å². The number of hydrogen-bond acceptors (Lipinski definition) is 4. The van der Waals surface area contributed by atoms with Crippen molar-refractivity contribution in [2.45, 2.75) is 19.5 Å². The number of alkyl halides is 3. The van der Waals surface area contributed by atoms with Crippen LogP contribution in [-0.2, 0) is 17.9 Å². The maximum absolute atomic E-state index is 12.3. The smallest absolute Gasteiger partial charge is 0.406 e. The van der Waals surface area contributed by atoms with Gasteiger partial charge in [-0.3, -0.25) is 4.79 Å². The molecule has 0 saturated heterocycles. The standard InChI is InChI=1S/C17H14F3N3O3/c18-17(19,20)26-12-7-5-11(6-8-12)21-16(25)9-23-14-4-2-1-3-13(14)22-15(23)10-24/h1-8,24H,9-10H2,(H,21,25). The molecule has 1 aromatic heterocycles. The Balaban J connectivity index is 1.71. The van der Waals surface area contributed by atoms with Crippen LogP contribution in [0.2, 0.25) is 0 Å². The van der Waals surface area contributed by atoms with Crippen molar-refractivity contribution < 1.29 is 27.8 Å². The molecule has 0 fully saturated rings. The second kappa shape index (κ2) is 7.04. The van der Waals surface area contributed by atoms with Gasteiger partial charge in [-0.2, -0.15) is 0 Å². The van der Waals surface area contributed by atoms with Crippen molar-refractivity contribution in [2.75, 3.05) is 5.32 Å². The van der Waals surface area contributed by atoms with Crippen LogP contribution >= 0.6 is 0 Å². The number of aliphatic hydroxyl groups is 1. The van der Waals surface area contributed by atoms with Gasteiger partial charge in [0.05, 0.1) is 11.0 Å². The number of hydrogen-bond donors (Lipinski definition) is 2. The fourth-order valence-corrected chi connectivity index (χ4v) is 2.51. The third kappa shape index (κ3) is 4.12. The third-order valence-electron chi connectivity index (χ3n) is 3.55. The summed E-state index contributed by atoms with van der Waals surface area (Å²) in [6.07, 6.45) is -4.77. The number of anilines is 1. The lowest BCUT2D eigenvalue weighted by molar-refractivity contribution is -0.274. The van der Waals surface area contributed by atoms with E-state index in [1.165, 1.54) is 12.1 Å². The zero-order chi connectivity index (χ0) is 18.7. The van der Waals surface area contributed by atoms with E-state index in [1.807, 2.05) is 0 Å². The van der Waals surface area contributed by atoms with Crippen molar-refractivity contribution in [3.63, 3.8) is 0 Å². The minimum atomic E-state index is -4.77. The summed E-state index contributed by atoms with van der Waals surface area (Å²) < 4.78 is 41.8. The molecule has 2 aromatic carbocycles. The Morgan fingerprint density at radius 1 is 1.15 bits per heavy atom. The van der Waals surface area contributed by atoms with Gasteiger partial charge < -0.3 is 19.7 Å². The molecule has 3 aromatic rings. The van der Waals surface area contributed by atoms with Gasteiger partial charge in [-0.15, -0.1) is 13.2 Å². The molecule has 0 aliphatic heterocycles. The molecule has 0 spiro atoms. The monoisotopic (exact) mass is 365 g/mol. The Kier molecular flexibility index (Phi) is 4.81. The van der Waals surface area contributed by atoms with Gasteiger partial charge in [0.1, 0.15) is 24.7 Å². The van der Waals surface area contributed by atoms with Crippen LogP contribution in [0, 0.1) is 0 Å². The molecule has 0 aliphatic rings. The number of carbonyl (C=O) groups excluding carboxylic acids is 1. The zero-order valence-corrected chi connectivity index (χ0v) is 13.3. The molecule has 136 valence electrons. The molecule has 9 heteroatoms. The Morgan fingerprint density at radius 3 is 2.50 bits per heavy atom. The number of amides is 1. The molecule has 0 bridgehead atoms. The number of nitrogens with one attached hydrogen (secondary N) is 1. The first-order valence-corrected chi connectivity index (χ1v) is 7.56. The summed E-state index contributed by atoms with van der Waals surface area (Å²) in [5.74, 6) is -0.443. The van der Waals surface area contributed by atoms with E-state index in [-0.39, 0.29) is 18.9 Å². The van der Waals surface area contributed by atoms with Crippen molar-refractivity contribution in [1.29, 1.82) is 0 Å². The second-order valence-electron chi connectivity index (χ2n) is 5.38. The first-order chi connectivity index (χ1) is 12.4. The van der Waals surface area contributed by atoms with Crippen molar-refractivity contribution in [3.05, 3.63) is 54.4 Å². The van der Waals surface area contributed by atoms with Crippen LogP contribution < -0.4 is 10.1 Å². The second-order valence-corrected chi connectivity index (χ2v) is 5.38. The molecule has 0 atom stereocenters. The fraction of sp³-hybridized carbons (Fsp3) is 0.176. The predicted octanol–water partition coefficient (Wildman–Crippen LogP) is 3.07. The van der Waals surface area contributed by atoms with Gasteiger partial charge in [0.15, 0.2) is 0 Å². The number of rotatable bonds is 5. The van der Waals surface area contributed by atoms with Crippen molar-refractivity contribution >= 4 is 22.6 Å². The first-order valence-electron chi connectivity index (χ1n) is 7.56. The Hall–Kier alpha value is -3.07. The summed E-state index contributed by atoms with van der Waals surface area (Å²) in [6, 6.07) is 11.9. The lowest BCUT2D eigenvalue weighted by atomic mass is 10.3. The van der Waals surface area contributed by atoms with Gasteiger partial charge in [0.25, 0.3) is 0 Å². The van der Waals surface area contributed by atoms with Gasteiger partial charge in [0.2, 0.25) is 5.91 Å². The van der Waals surface area contributed by atoms with Crippen LogP contribution in [0.5, 0.6) is 5.75 Å². The van der Waals surface area contributed by atoms with Crippen molar-refractivity contribution in [3.8, 4) is 5.75 Å². The van der Waals surface area contributed by atoms with Crippen molar-refractivity contribution in [1.82, 2.24) is 9.55 Å². The van der Waals surface area contributed by atoms with Crippen molar-refractivity contribution in [2.24, 2.45) is 0 Å². The maximum atomic E-state index is 12.3. The number of fused-ring (bicyclic) bond motifs is 1. The zero-order valence-electron chi connectivity index (χ0n) is 13.3. The topological polar surface area (TPSA) is 76.4 Å². The highest BCUT2D eigenvalue weighted by atomic mass is 19.4. The number of ether oxygens (including phenoxy) is 1. The summed E-state index contributed by atoms with van der Waals surface area (Å²) in [5.41, 5.74) is 1.66. The van der Waals surface area contributed by atoms with E-state index >= 15 is 0 Å². The van der Waals surface area contributed by atoms with Crippen LogP contribution in [0.25, 0.3) is 11.0 Å².